The summed E-state index contributed by atoms with van der Waals surface area (Å²) in [6, 6.07) is 9.97. The Bertz CT molecular complexity index is 389. The molecule has 0 aromatic heterocycles. The van der Waals surface area contributed by atoms with E-state index in [4.69, 9.17) is 4.74 Å². The second-order valence-corrected chi connectivity index (χ2v) is 6.01. The van der Waals surface area contributed by atoms with Crippen LogP contribution >= 0.6 is 0 Å². The number of fused-ring (bicyclic) bond motifs is 2. The van der Waals surface area contributed by atoms with E-state index in [2.05, 4.69) is 0 Å². The highest BCUT2D eigenvalue weighted by atomic mass is 16.5. The molecular weight excluding hydrogens is 224 g/mol. The van der Waals surface area contributed by atoms with E-state index in [1.807, 2.05) is 30.3 Å². The van der Waals surface area contributed by atoms with Crippen LogP contribution in [0.5, 0.6) is 5.75 Å². The van der Waals surface area contributed by atoms with Crippen molar-refractivity contribution in [2.24, 2.45) is 17.3 Å². The summed E-state index contributed by atoms with van der Waals surface area (Å²) in [7, 11) is 0. The first-order valence-corrected chi connectivity index (χ1v) is 7.11. The van der Waals surface area contributed by atoms with Crippen molar-refractivity contribution >= 4 is 0 Å². The average molecular weight is 246 g/mol. The van der Waals surface area contributed by atoms with E-state index in [1.165, 1.54) is 25.7 Å². The van der Waals surface area contributed by atoms with E-state index in [1.54, 1.807) is 0 Å². The minimum Gasteiger partial charge on any atom is -0.494 e. The van der Waals surface area contributed by atoms with Crippen LogP contribution in [-0.2, 0) is 0 Å². The van der Waals surface area contributed by atoms with E-state index < -0.39 is 0 Å². The first-order valence-electron chi connectivity index (χ1n) is 7.11. The molecule has 2 fully saturated rings. The minimum atomic E-state index is 0.164. The summed E-state index contributed by atoms with van der Waals surface area (Å²) in [5.41, 5.74) is 0.164. The maximum atomic E-state index is 9.78. The average Bonchev–Trinajstić information content (AvgIpc) is 3.01. The van der Waals surface area contributed by atoms with Crippen LogP contribution in [0.25, 0.3) is 0 Å². The number of rotatable bonds is 5. The number of hydrogen-bond donors (Lipinski definition) is 1. The number of para-hydroxylation sites is 1. The Morgan fingerprint density at radius 1 is 1.22 bits per heavy atom. The number of aliphatic hydroxyl groups is 1. The maximum Gasteiger partial charge on any atom is 0.119 e. The number of ether oxygens (including phenoxy) is 1. The van der Waals surface area contributed by atoms with Gasteiger partial charge in [0, 0.05) is 6.61 Å². The summed E-state index contributed by atoms with van der Waals surface area (Å²) >= 11 is 0. The van der Waals surface area contributed by atoms with Gasteiger partial charge in [-0.25, -0.2) is 0 Å². The van der Waals surface area contributed by atoms with Gasteiger partial charge in [-0.1, -0.05) is 24.6 Å². The number of benzene rings is 1. The zero-order valence-electron chi connectivity index (χ0n) is 10.8. The fourth-order valence-corrected chi connectivity index (χ4v) is 4.03. The zero-order valence-corrected chi connectivity index (χ0v) is 10.8. The van der Waals surface area contributed by atoms with Crippen LogP contribution in [0.4, 0.5) is 0 Å². The Kier molecular flexibility index (Phi) is 3.29. The van der Waals surface area contributed by atoms with Crippen molar-refractivity contribution in [1.29, 1.82) is 0 Å². The van der Waals surface area contributed by atoms with Gasteiger partial charge in [0.05, 0.1) is 6.61 Å². The molecule has 2 aliphatic rings. The molecule has 0 radical (unpaired) electrons. The van der Waals surface area contributed by atoms with Crippen LogP contribution < -0.4 is 4.74 Å². The Hall–Kier alpha value is -1.02. The topological polar surface area (TPSA) is 29.5 Å². The molecule has 1 N–H and O–H groups in total. The van der Waals surface area contributed by atoms with Crippen LogP contribution in [0.15, 0.2) is 30.3 Å². The van der Waals surface area contributed by atoms with Gasteiger partial charge in [0.2, 0.25) is 0 Å². The smallest absolute Gasteiger partial charge is 0.119 e. The third-order valence-electron chi connectivity index (χ3n) is 5.03. The second-order valence-electron chi connectivity index (χ2n) is 6.01. The molecule has 3 unspecified atom stereocenters. The van der Waals surface area contributed by atoms with E-state index in [-0.39, 0.29) is 5.41 Å². The summed E-state index contributed by atoms with van der Waals surface area (Å²) in [5.74, 6) is 2.56. The highest BCUT2D eigenvalue weighted by Crippen LogP contribution is 2.57. The van der Waals surface area contributed by atoms with E-state index >= 15 is 0 Å². The van der Waals surface area contributed by atoms with Crippen molar-refractivity contribution in [3.63, 3.8) is 0 Å². The lowest BCUT2D eigenvalue weighted by molar-refractivity contribution is 0.0425. The van der Waals surface area contributed by atoms with Crippen molar-refractivity contribution in [2.75, 3.05) is 13.2 Å². The predicted molar refractivity (Wildman–Crippen MR) is 71.5 cm³/mol. The van der Waals surface area contributed by atoms with E-state index in [0.717, 1.165) is 30.6 Å². The lowest BCUT2D eigenvalue weighted by Gasteiger charge is -2.36. The fraction of sp³-hybridized carbons (Fsp3) is 0.625. The van der Waals surface area contributed by atoms with Crippen molar-refractivity contribution < 1.29 is 9.84 Å². The summed E-state index contributed by atoms with van der Waals surface area (Å²) in [6.45, 7) is 1.07. The summed E-state index contributed by atoms with van der Waals surface area (Å²) < 4.78 is 5.79. The van der Waals surface area contributed by atoms with Crippen molar-refractivity contribution in [3.05, 3.63) is 30.3 Å². The Labute approximate surface area is 109 Å². The van der Waals surface area contributed by atoms with Gasteiger partial charge in [0.1, 0.15) is 5.75 Å². The first kappa shape index (κ1) is 12.0. The molecule has 1 aromatic carbocycles. The molecule has 1 aromatic rings. The Balaban J connectivity index is 1.56. The van der Waals surface area contributed by atoms with Gasteiger partial charge >= 0.3 is 0 Å². The maximum absolute atomic E-state index is 9.78. The van der Waals surface area contributed by atoms with Crippen LogP contribution in [-0.4, -0.2) is 18.3 Å². The molecule has 3 rings (SSSR count). The van der Waals surface area contributed by atoms with Crippen molar-refractivity contribution in [3.8, 4) is 5.75 Å². The third kappa shape index (κ3) is 2.14. The Morgan fingerprint density at radius 3 is 2.67 bits per heavy atom. The van der Waals surface area contributed by atoms with E-state index in [9.17, 15) is 5.11 Å². The first-order chi connectivity index (χ1) is 8.82. The molecule has 0 amide bonds. The lowest BCUT2D eigenvalue weighted by Crippen LogP contribution is -2.33. The summed E-state index contributed by atoms with van der Waals surface area (Å²) in [5, 5.41) is 9.78. The standard InChI is InChI=1S/C16H22O2/c17-12-16(11-13-6-7-14(16)10-13)8-9-18-15-4-2-1-3-5-15/h1-5,13-14,17H,6-12H2. The fourth-order valence-electron chi connectivity index (χ4n) is 4.03. The minimum absolute atomic E-state index is 0.164. The molecule has 98 valence electrons. The monoisotopic (exact) mass is 246 g/mol. The Morgan fingerprint density at radius 2 is 2.06 bits per heavy atom. The summed E-state index contributed by atoms with van der Waals surface area (Å²) in [4.78, 5) is 0. The van der Waals surface area contributed by atoms with E-state index in [0.29, 0.717) is 6.61 Å². The molecular formula is C16H22O2. The van der Waals surface area contributed by atoms with Gasteiger partial charge in [-0.15, -0.1) is 0 Å². The van der Waals surface area contributed by atoms with Gasteiger partial charge in [-0.05, 0) is 55.1 Å². The van der Waals surface area contributed by atoms with Crippen molar-refractivity contribution in [1.82, 2.24) is 0 Å². The molecule has 0 saturated heterocycles. The molecule has 18 heavy (non-hydrogen) atoms. The molecule has 0 heterocycles. The highest BCUT2D eigenvalue weighted by molar-refractivity contribution is 5.20. The predicted octanol–water partition coefficient (Wildman–Crippen LogP) is 3.25. The number of hydrogen-bond acceptors (Lipinski definition) is 2. The van der Waals surface area contributed by atoms with Crippen LogP contribution in [0, 0.1) is 17.3 Å². The molecule has 2 bridgehead atoms. The van der Waals surface area contributed by atoms with Gasteiger partial charge < -0.3 is 9.84 Å². The molecule has 0 aliphatic heterocycles. The normalized spacial score (nSPS) is 33.8. The third-order valence-corrected chi connectivity index (χ3v) is 5.03. The van der Waals surface area contributed by atoms with Gasteiger partial charge in [-0.2, -0.15) is 0 Å². The molecule has 2 heteroatoms. The molecule has 2 saturated carbocycles. The molecule has 0 spiro atoms. The zero-order chi connectivity index (χ0) is 12.4. The van der Waals surface area contributed by atoms with Gasteiger partial charge in [0.25, 0.3) is 0 Å². The van der Waals surface area contributed by atoms with Crippen molar-refractivity contribution in [2.45, 2.75) is 32.1 Å². The largest absolute Gasteiger partial charge is 0.494 e. The van der Waals surface area contributed by atoms with Crippen LogP contribution in [0.3, 0.4) is 0 Å². The molecule has 2 aliphatic carbocycles. The number of aliphatic hydroxyl groups excluding tert-OH is 1. The highest BCUT2D eigenvalue weighted by Gasteiger charge is 2.50. The quantitative estimate of drug-likeness (QED) is 0.864. The summed E-state index contributed by atoms with van der Waals surface area (Å²) in [6.07, 6.45) is 6.25. The van der Waals surface area contributed by atoms with Crippen LogP contribution in [0.1, 0.15) is 32.1 Å². The molecule has 3 atom stereocenters. The molecule has 2 nitrogen and oxygen atoms in total. The van der Waals surface area contributed by atoms with Gasteiger partial charge in [-0.3, -0.25) is 0 Å². The van der Waals surface area contributed by atoms with Crippen LogP contribution in [0.2, 0.25) is 0 Å². The second kappa shape index (κ2) is 4.93. The SMILES string of the molecule is OCC1(CCOc2ccccc2)CC2CCC1C2. The van der Waals surface area contributed by atoms with Gasteiger partial charge in [0.15, 0.2) is 0 Å². The lowest BCUT2D eigenvalue weighted by atomic mass is 9.71.